The first kappa shape index (κ1) is 14.0. The molecular weight excluding hydrogens is 312 g/mol. The summed E-state index contributed by atoms with van der Waals surface area (Å²) in [6.45, 7) is 2.26. The Morgan fingerprint density at radius 2 is 2.11 bits per heavy atom. The first-order chi connectivity index (χ1) is 9.16. The van der Waals surface area contributed by atoms with Crippen LogP contribution in [0.3, 0.4) is 0 Å². The zero-order valence-electron chi connectivity index (χ0n) is 10.4. The van der Waals surface area contributed by atoms with Crippen LogP contribution < -0.4 is 5.32 Å². The molecule has 1 aliphatic heterocycles. The maximum absolute atomic E-state index is 11.8. The summed E-state index contributed by atoms with van der Waals surface area (Å²) in [5, 5.41) is 2.80. The second kappa shape index (κ2) is 6.68. The average Bonchev–Trinajstić information content (AvgIpc) is 2.41. The second-order valence-electron chi connectivity index (χ2n) is 4.20. The molecule has 2 rings (SSSR count). The Morgan fingerprint density at radius 3 is 2.79 bits per heavy atom. The number of hydrogen-bond acceptors (Lipinski definition) is 3. The predicted octanol–water partition coefficient (Wildman–Crippen LogP) is 1.04. The fraction of sp³-hybridized carbons (Fsp3) is 0.385. The van der Waals surface area contributed by atoms with Crippen molar-refractivity contribution in [3.8, 4) is 0 Å². The van der Waals surface area contributed by atoms with Gasteiger partial charge >= 0.3 is 0 Å². The molecular formula is C13H15BrN2O3. The molecule has 1 aromatic rings. The Hall–Kier alpha value is -1.40. The minimum Gasteiger partial charge on any atom is -0.370 e. The molecule has 102 valence electrons. The van der Waals surface area contributed by atoms with Crippen molar-refractivity contribution < 1.29 is 14.3 Å². The van der Waals surface area contributed by atoms with Gasteiger partial charge in [-0.2, -0.15) is 0 Å². The summed E-state index contributed by atoms with van der Waals surface area (Å²) < 4.78 is 5.97. The van der Waals surface area contributed by atoms with E-state index in [2.05, 4.69) is 21.2 Å². The molecule has 1 N–H and O–H groups in total. The first-order valence-electron chi connectivity index (χ1n) is 6.06. The molecule has 1 fully saturated rings. The van der Waals surface area contributed by atoms with Gasteiger partial charge in [0, 0.05) is 29.7 Å². The number of amides is 2. The molecule has 1 heterocycles. The number of benzene rings is 1. The molecule has 0 spiro atoms. The number of rotatable bonds is 4. The molecule has 19 heavy (non-hydrogen) atoms. The van der Waals surface area contributed by atoms with Gasteiger partial charge in [-0.3, -0.25) is 9.59 Å². The summed E-state index contributed by atoms with van der Waals surface area (Å²) in [6.07, 6.45) is 0. The van der Waals surface area contributed by atoms with Gasteiger partial charge < -0.3 is 15.0 Å². The van der Waals surface area contributed by atoms with Gasteiger partial charge in [0.15, 0.2) is 0 Å². The van der Waals surface area contributed by atoms with Gasteiger partial charge in [0.05, 0.1) is 6.61 Å². The third-order valence-electron chi connectivity index (χ3n) is 2.86. The largest absolute Gasteiger partial charge is 0.370 e. The number of ether oxygens (including phenoxy) is 1. The summed E-state index contributed by atoms with van der Waals surface area (Å²) in [5.41, 5.74) is 0.608. The molecule has 0 atom stereocenters. The predicted molar refractivity (Wildman–Crippen MR) is 73.9 cm³/mol. The van der Waals surface area contributed by atoms with Crippen LogP contribution in [-0.2, 0) is 9.53 Å². The standard InChI is InChI=1S/C13H15BrN2O3/c14-11-3-1-10(2-4-11)13(18)15-5-6-16-7-8-19-9-12(16)17/h1-4H,5-9H2,(H,15,18). The van der Waals surface area contributed by atoms with E-state index >= 15 is 0 Å². The lowest BCUT2D eigenvalue weighted by atomic mass is 10.2. The van der Waals surface area contributed by atoms with Crippen LogP contribution in [0, 0.1) is 0 Å². The molecule has 0 radical (unpaired) electrons. The highest BCUT2D eigenvalue weighted by Crippen LogP contribution is 2.10. The highest BCUT2D eigenvalue weighted by atomic mass is 79.9. The lowest BCUT2D eigenvalue weighted by Gasteiger charge is -2.26. The van der Waals surface area contributed by atoms with E-state index in [1.807, 2.05) is 12.1 Å². The molecule has 1 aliphatic rings. The third-order valence-corrected chi connectivity index (χ3v) is 3.39. The SMILES string of the molecule is O=C(NCCN1CCOCC1=O)c1ccc(Br)cc1. The Kier molecular flexibility index (Phi) is 4.93. The van der Waals surface area contributed by atoms with Gasteiger partial charge in [0.1, 0.15) is 6.61 Å². The van der Waals surface area contributed by atoms with Crippen LogP contribution in [-0.4, -0.2) is 49.6 Å². The number of carbonyl (C=O) groups excluding carboxylic acids is 2. The van der Waals surface area contributed by atoms with Crippen LogP contribution >= 0.6 is 15.9 Å². The zero-order chi connectivity index (χ0) is 13.7. The van der Waals surface area contributed by atoms with Crippen LogP contribution in [0.2, 0.25) is 0 Å². The third kappa shape index (κ3) is 4.04. The second-order valence-corrected chi connectivity index (χ2v) is 5.11. The van der Waals surface area contributed by atoms with Gasteiger partial charge in [0.2, 0.25) is 5.91 Å². The number of halogens is 1. The Labute approximate surface area is 120 Å². The van der Waals surface area contributed by atoms with E-state index in [-0.39, 0.29) is 18.4 Å². The van der Waals surface area contributed by atoms with Gasteiger partial charge in [0.25, 0.3) is 5.91 Å². The summed E-state index contributed by atoms with van der Waals surface area (Å²) in [4.78, 5) is 25.0. The van der Waals surface area contributed by atoms with Crippen molar-refractivity contribution in [2.75, 3.05) is 32.8 Å². The zero-order valence-corrected chi connectivity index (χ0v) is 12.0. The summed E-state index contributed by atoms with van der Waals surface area (Å²) in [6, 6.07) is 7.14. The fourth-order valence-corrected chi connectivity index (χ4v) is 2.06. The summed E-state index contributed by atoms with van der Waals surface area (Å²) >= 11 is 3.32. The molecule has 0 unspecified atom stereocenters. The molecule has 0 bridgehead atoms. The van der Waals surface area contributed by atoms with E-state index in [9.17, 15) is 9.59 Å². The molecule has 0 saturated carbocycles. The number of carbonyl (C=O) groups is 2. The summed E-state index contributed by atoms with van der Waals surface area (Å²) in [7, 11) is 0. The lowest BCUT2D eigenvalue weighted by molar-refractivity contribution is -0.142. The molecule has 2 amide bonds. The molecule has 0 aromatic heterocycles. The normalized spacial score (nSPS) is 15.4. The van der Waals surface area contributed by atoms with Crippen molar-refractivity contribution in [1.82, 2.24) is 10.2 Å². The van der Waals surface area contributed by atoms with Gasteiger partial charge in [-0.15, -0.1) is 0 Å². The van der Waals surface area contributed by atoms with Gasteiger partial charge in [-0.1, -0.05) is 15.9 Å². The van der Waals surface area contributed by atoms with E-state index in [1.54, 1.807) is 17.0 Å². The quantitative estimate of drug-likeness (QED) is 0.899. The number of nitrogens with zero attached hydrogens (tertiary/aromatic N) is 1. The number of nitrogens with one attached hydrogen (secondary N) is 1. The van der Waals surface area contributed by atoms with Gasteiger partial charge in [-0.05, 0) is 24.3 Å². The maximum atomic E-state index is 11.8. The Morgan fingerprint density at radius 1 is 1.37 bits per heavy atom. The highest BCUT2D eigenvalue weighted by molar-refractivity contribution is 9.10. The Balaban J connectivity index is 1.77. The molecule has 6 heteroatoms. The van der Waals surface area contributed by atoms with Crippen LogP contribution in [0.1, 0.15) is 10.4 Å². The van der Waals surface area contributed by atoms with Crippen molar-refractivity contribution in [3.63, 3.8) is 0 Å². The smallest absolute Gasteiger partial charge is 0.251 e. The maximum Gasteiger partial charge on any atom is 0.251 e. The number of hydrogen-bond donors (Lipinski definition) is 1. The van der Waals surface area contributed by atoms with Gasteiger partial charge in [-0.25, -0.2) is 0 Å². The topological polar surface area (TPSA) is 58.6 Å². The minimum atomic E-state index is -0.131. The van der Waals surface area contributed by atoms with E-state index in [0.29, 0.717) is 31.8 Å². The molecule has 1 saturated heterocycles. The molecule has 1 aromatic carbocycles. The van der Waals surface area contributed by atoms with E-state index in [4.69, 9.17) is 4.74 Å². The van der Waals surface area contributed by atoms with E-state index < -0.39 is 0 Å². The molecule has 5 nitrogen and oxygen atoms in total. The van der Waals surface area contributed by atoms with Crippen LogP contribution in [0.25, 0.3) is 0 Å². The first-order valence-corrected chi connectivity index (χ1v) is 6.85. The van der Waals surface area contributed by atoms with Crippen molar-refractivity contribution in [3.05, 3.63) is 34.3 Å². The van der Waals surface area contributed by atoms with E-state index in [1.165, 1.54) is 0 Å². The minimum absolute atomic E-state index is 0.0239. The monoisotopic (exact) mass is 326 g/mol. The van der Waals surface area contributed by atoms with Crippen LogP contribution in [0.15, 0.2) is 28.7 Å². The van der Waals surface area contributed by atoms with Crippen molar-refractivity contribution in [2.45, 2.75) is 0 Å². The highest BCUT2D eigenvalue weighted by Gasteiger charge is 2.17. The van der Waals surface area contributed by atoms with Crippen molar-refractivity contribution in [2.24, 2.45) is 0 Å². The fourth-order valence-electron chi connectivity index (χ4n) is 1.79. The van der Waals surface area contributed by atoms with Crippen molar-refractivity contribution >= 4 is 27.7 Å². The lowest BCUT2D eigenvalue weighted by Crippen LogP contribution is -2.45. The van der Waals surface area contributed by atoms with E-state index in [0.717, 1.165) is 4.47 Å². The van der Waals surface area contributed by atoms with Crippen LogP contribution in [0.4, 0.5) is 0 Å². The molecule has 0 aliphatic carbocycles. The Bertz CT molecular complexity index is 461. The number of morpholine rings is 1. The van der Waals surface area contributed by atoms with Crippen molar-refractivity contribution in [1.29, 1.82) is 0 Å². The summed E-state index contributed by atoms with van der Waals surface area (Å²) in [5.74, 6) is -0.155. The average molecular weight is 327 g/mol. The van der Waals surface area contributed by atoms with Crippen LogP contribution in [0.5, 0.6) is 0 Å².